The first-order chi connectivity index (χ1) is 19.3. The molecule has 0 aliphatic heterocycles. The number of fused-ring (bicyclic) bond motifs is 2. The van der Waals surface area contributed by atoms with E-state index in [-0.39, 0.29) is 0 Å². The van der Waals surface area contributed by atoms with Crippen LogP contribution in [0.4, 0.5) is 0 Å². The summed E-state index contributed by atoms with van der Waals surface area (Å²) in [6, 6.07) is 41.7. The Morgan fingerprint density at radius 2 is 0.795 bits per heavy atom. The third-order valence-electron chi connectivity index (χ3n) is 7.50. The molecule has 5 aromatic carbocycles. The highest BCUT2D eigenvalue weighted by Crippen LogP contribution is 2.44. The lowest BCUT2D eigenvalue weighted by Crippen LogP contribution is -1.91. The van der Waals surface area contributed by atoms with E-state index in [9.17, 15) is 0 Å². The van der Waals surface area contributed by atoms with Crippen molar-refractivity contribution in [1.82, 2.24) is 9.97 Å². The molecule has 0 aliphatic carbocycles. The van der Waals surface area contributed by atoms with Crippen LogP contribution >= 0.6 is 0 Å². The molecule has 0 fully saturated rings. The van der Waals surface area contributed by atoms with Crippen molar-refractivity contribution in [2.24, 2.45) is 0 Å². The van der Waals surface area contributed by atoms with E-state index in [1.54, 1.807) is 0 Å². The fourth-order valence-corrected chi connectivity index (χ4v) is 5.67. The maximum Gasteiger partial charge on any atom is 0.0346 e. The Labute approximate surface area is 228 Å². The molecule has 0 N–H and O–H groups in total. The third-order valence-corrected chi connectivity index (χ3v) is 7.50. The molecule has 0 unspecified atom stereocenters. The molecule has 2 aromatic heterocycles. The lowest BCUT2D eigenvalue weighted by atomic mass is 9.85. The summed E-state index contributed by atoms with van der Waals surface area (Å²) in [6.45, 7) is 2.08. The molecule has 7 rings (SSSR count). The van der Waals surface area contributed by atoms with E-state index < -0.39 is 0 Å². The summed E-state index contributed by atoms with van der Waals surface area (Å²) in [5.74, 6) is 0. The van der Waals surface area contributed by atoms with Crippen molar-refractivity contribution in [2.75, 3.05) is 0 Å². The highest BCUT2D eigenvalue weighted by atomic mass is 14.6. The summed E-state index contributed by atoms with van der Waals surface area (Å²) in [5.41, 5.74) is 10.8. The average Bonchev–Trinajstić information content (AvgIpc) is 3.00. The van der Waals surface area contributed by atoms with Crippen LogP contribution in [0.5, 0.6) is 0 Å². The summed E-state index contributed by atoms with van der Waals surface area (Å²) in [5, 5.41) is 5.04. The molecule has 0 aliphatic rings. The number of hydrogen-bond donors (Lipinski definition) is 0. The number of nitrogens with zero attached hydrogens (tertiary/aromatic N) is 2. The van der Waals surface area contributed by atoms with E-state index in [2.05, 4.69) is 132 Å². The van der Waals surface area contributed by atoms with Gasteiger partial charge in [0.25, 0.3) is 0 Å². The van der Waals surface area contributed by atoms with Gasteiger partial charge in [0.1, 0.15) is 0 Å². The van der Waals surface area contributed by atoms with Gasteiger partial charge in [-0.25, -0.2) is 0 Å². The molecule has 0 atom stereocenters. The van der Waals surface area contributed by atoms with Crippen molar-refractivity contribution >= 4 is 21.5 Å². The van der Waals surface area contributed by atoms with Crippen LogP contribution in [-0.2, 0) is 0 Å². The zero-order valence-electron chi connectivity index (χ0n) is 21.7. The highest BCUT2D eigenvalue weighted by Gasteiger charge is 2.16. The number of pyridine rings is 2. The van der Waals surface area contributed by atoms with Crippen molar-refractivity contribution in [3.8, 4) is 44.5 Å². The standard InChI is InChI=1S/C37H26N2/c1-25-22-31(24-39-23-25)27-12-16-30(17-13-27)37-34-8-4-2-6-32(34)36(33-7-3-5-9-35(33)37)29-14-10-26(11-15-29)28-18-20-38-21-19-28/h2-24H,1H3. The van der Waals surface area contributed by atoms with Crippen molar-refractivity contribution in [3.05, 3.63) is 146 Å². The highest BCUT2D eigenvalue weighted by molar-refractivity contribution is 6.21. The first-order valence-corrected chi connectivity index (χ1v) is 13.2. The summed E-state index contributed by atoms with van der Waals surface area (Å²) >= 11 is 0. The van der Waals surface area contributed by atoms with Gasteiger partial charge in [-0.15, -0.1) is 0 Å². The third kappa shape index (κ3) is 4.17. The molecule has 0 radical (unpaired) electrons. The summed E-state index contributed by atoms with van der Waals surface area (Å²) in [4.78, 5) is 8.54. The number of aromatic nitrogens is 2. The minimum atomic E-state index is 1.14. The first kappa shape index (κ1) is 23.1. The molecule has 0 saturated carbocycles. The van der Waals surface area contributed by atoms with Gasteiger partial charge in [0, 0.05) is 30.4 Å². The smallest absolute Gasteiger partial charge is 0.0346 e. The van der Waals surface area contributed by atoms with Crippen LogP contribution in [0, 0.1) is 6.92 Å². The number of aryl methyl sites for hydroxylation is 1. The minimum absolute atomic E-state index is 1.14. The molecule has 2 nitrogen and oxygen atoms in total. The summed E-state index contributed by atoms with van der Waals surface area (Å²) in [7, 11) is 0. The van der Waals surface area contributed by atoms with Crippen LogP contribution in [-0.4, -0.2) is 9.97 Å². The number of rotatable bonds is 4. The van der Waals surface area contributed by atoms with Gasteiger partial charge < -0.3 is 0 Å². The van der Waals surface area contributed by atoms with Gasteiger partial charge in [0.15, 0.2) is 0 Å². The SMILES string of the molecule is Cc1cncc(-c2ccc(-c3c4ccccc4c(-c4ccc(-c5ccncc5)cc4)c4ccccc34)cc2)c1. The van der Waals surface area contributed by atoms with E-state index in [0.29, 0.717) is 0 Å². The van der Waals surface area contributed by atoms with Crippen molar-refractivity contribution < 1.29 is 0 Å². The number of benzene rings is 5. The lowest BCUT2D eigenvalue weighted by molar-refractivity contribution is 1.27. The maximum absolute atomic E-state index is 4.38. The monoisotopic (exact) mass is 498 g/mol. The van der Waals surface area contributed by atoms with Crippen LogP contribution in [0.1, 0.15) is 5.56 Å². The molecule has 39 heavy (non-hydrogen) atoms. The van der Waals surface area contributed by atoms with Gasteiger partial charge in [-0.05, 0) is 91.2 Å². The second-order valence-electron chi connectivity index (χ2n) is 9.98. The van der Waals surface area contributed by atoms with Gasteiger partial charge in [-0.3, -0.25) is 9.97 Å². The van der Waals surface area contributed by atoms with E-state index in [1.807, 2.05) is 24.8 Å². The second-order valence-corrected chi connectivity index (χ2v) is 9.98. The molecule has 0 saturated heterocycles. The molecule has 184 valence electrons. The van der Waals surface area contributed by atoms with Gasteiger partial charge in [0.05, 0.1) is 0 Å². The zero-order chi connectivity index (χ0) is 26.2. The number of hydrogen-bond acceptors (Lipinski definition) is 2. The van der Waals surface area contributed by atoms with E-state index >= 15 is 0 Å². The molecule has 2 heteroatoms. The van der Waals surface area contributed by atoms with Crippen molar-refractivity contribution in [2.45, 2.75) is 6.92 Å². The normalized spacial score (nSPS) is 11.2. The van der Waals surface area contributed by atoms with Crippen LogP contribution in [0.15, 0.2) is 140 Å². The van der Waals surface area contributed by atoms with E-state index in [1.165, 1.54) is 60.5 Å². The van der Waals surface area contributed by atoms with Gasteiger partial charge in [-0.1, -0.05) is 97.1 Å². The van der Waals surface area contributed by atoms with E-state index in [0.717, 1.165) is 11.1 Å². The molecular formula is C37H26N2. The van der Waals surface area contributed by atoms with Gasteiger partial charge in [-0.2, -0.15) is 0 Å². The zero-order valence-corrected chi connectivity index (χ0v) is 21.7. The Hall–Kier alpha value is -5.08. The van der Waals surface area contributed by atoms with Gasteiger partial charge >= 0.3 is 0 Å². The summed E-state index contributed by atoms with van der Waals surface area (Å²) in [6.07, 6.45) is 7.51. The molecule has 0 amide bonds. The maximum atomic E-state index is 4.38. The first-order valence-electron chi connectivity index (χ1n) is 13.2. The van der Waals surface area contributed by atoms with Crippen molar-refractivity contribution in [1.29, 1.82) is 0 Å². The summed E-state index contributed by atoms with van der Waals surface area (Å²) < 4.78 is 0. The van der Waals surface area contributed by atoms with Crippen LogP contribution in [0.2, 0.25) is 0 Å². The predicted octanol–water partition coefficient (Wildman–Crippen LogP) is 9.76. The molecule has 0 bridgehead atoms. The Morgan fingerprint density at radius 1 is 0.385 bits per heavy atom. The molecule has 7 aromatic rings. The Kier molecular flexibility index (Phi) is 5.71. The lowest BCUT2D eigenvalue weighted by Gasteiger charge is -2.18. The van der Waals surface area contributed by atoms with Crippen LogP contribution in [0.3, 0.4) is 0 Å². The van der Waals surface area contributed by atoms with Crippen LogP contribution in [0.25, 0.3) is 66.1 Å². The largest absolute Gasteiger partial charge is 0.265 e. The Bertz CT molecular complexity index is 1880. The topological polar surface area (TPSA) is 25.8 Å². The Morgan fingerprint density at radius 3 is 1.26 bits per heavy atom. The predicted molar refractivity (Wildman–Crippen MR) is 164 cm³/mol. The van der Waals surface area contributed by atoms with Gasteiger partial charge in [0.2, 0.25) is 0 Å². The molecule has 2 heterocycles. The Balaban J connectivity index is 1.41. The van der Waals surface area contributed by atoms with E-state index in [4.69, 9.17) is 0 Å². The minimum Gasteiger partial charge on any atom is -0.265 e. The molecule has 0 spiro atoms. The second kappa shape index (κ2) is 9.66. The fraction of sp³-hybridized carbons (Fsp3) is 0.0270. The average molecular weight is 499 g/mol. The quantitative estimate of drug-likeness (QED) is 0.226. The van der Waals surface area contributed by atoms with Crippen molar-refractivity contribution in [3.63, 3.8) is 0 Å². The molecular weight excluding hydrogens is 472 g/mol. The van der Waals surface area contributed by atoms with Crippen LogP contribution < -0.4 is 0 Å². The fourth-order valence-electron chi connectivity index (χ4n) is 5.67.